The average molecular weight is 820 g/mol. The second-order valence-corrected chi connectivity index (χ2v) is 8.90. The molecule has 2 radical (unpaired) electrons. The predicted octanol–water partition coefficient (Wildman–Crippen LogP) is -3.31. The largest absolute Gasteiger partial charge is 3.00 e. The summed E-state index contributed by atoms with van der Waals surface area (Å²) in [6.45, 7) is 0.140. The Bertz CT molecular complexity index is 592. The van der Waals surface area contributed by atoms with Gasteiger partial charge in [0.25, 0.3) is 0 Å². The van der Waals surface area contributed by atoms with Crippen LogP contribution in [0.5, 0.6) is 0 Å². The van der Waals surface area contributed by atoms with Crippen LogP contribution in [0.25, 0.3) is 0 Å². The number of aliphatic hydroxyl groups is 1. The van der Waals surface area contributed by atoms with E-state index in [9.17, 15) is 56.8 Å². The standard InChI is InChI=1S/C7H8O.2Ce.3H4O5P2/c8-6-7-4-2-1-3-5-7;;;3*1-6(2)5-7(3)4/h1-5,8H,6H2;;;3*6-7H,(H,1,2)(H,3,4)/q;2*+3;;;/p-6. The number of rotatable bonds is 7. The van der Waals surface area contributed by atoms with Crippen LogP contribution >= 0.6 is 49.5 Å². The van der Waals surface area contributed by atoms with Gasteiger partial charge in [-0.25, -0.2) is 0 Å². The van der Waals surface area contributed by atoms with Gasteiger partial charge in [-0.05, 0) is 5.56 Å². The molecule has 0 spiro atoms. The summed E-state index contributed by atoms with van der Waals surface area (Å²) in [5.74, 6) is 0. The minimum Gasteiger partial charge on any atom is -0.781 e. The first-order chi connectivity index (χ1) is 13.3. The van der Waals surface area contributed by atoms with Crippen LogP contribution in [0.3, 0.4) is 0 Å². The van der Waals surface area contributed by atoms with E-state index >= 15 is 0 Å². The zero-order valence-electron chi connectivity index (χ0n) is 14.7. The molecule has 0 heterocycles. The SMILES string of the molecule is O=[PH]([O-])O[PH](=O)[O-].O=[PH]([O-])O[PH](=O)[O-].O=[PH]([O-])O[PH](=O)[O-].OCc1ccccc1.[Ce+3].[Ce+3]. The van der Waals surface area contributed by atoms with Crippen LogP contribution in [-0.4, -0.2) is 5.11 Å². The molecule has 31 heavy (non-hydrogen) atoms. The molecule has 176 valence electrons. The van der Waals surface area contributed by atoms with Crippen molar-refractivity contribution in [2.75, 3.05) is 0 Å². The maximum Gasteiger partial charge on any atom is 3.00 e. The van der Waals surface area contributed by atoms with Gasteiger partial charge in [-0.1, -0.05) is 30.3 Å². The quantitative estimate of drug-likeness (QED) is 0.264. The summed E-state index contributed by atoms with van der Waals surface area (Å²) in [5, 5.41) is 8.54. The fraction of sp³-hybridized carbons (Fsp3) is 0.143. The Morgan fingerprint density at radius 2 is 0.806 bits per heavy atom. The van der Waals surface area contributed by atoms with Gasteiger partial charge < -0.3 is 61.9 Å². The van der Waals surface area contributed by atoms with Crippen LogP contribution < -0.4 is 29.4 Å². The van der Waals surface area contributed by atoms with Crippen molar-refractivity contribution in [2.24, 2.45) is 0 Å². The van der Waals surface area contributed by atoms with E-state index in [0.717, 1.165) is 5.56 Å². The molecule has 1 aromatic rings. The second kappa shape index (κ2) is 31.0. The Labute approximate surface area is 247 Å². The van der Waals surface area contributed by atoms with Crippen molar-refractivity contribution in [1.82, 2.24) is 0 Å². The summed E-state index contributed by atoms with van der Waals surface area (Å²) in [7, 11) is -21.1. The zero-order valence-corrected chi connectivity index (χ0v) is 26.9. The Kier molecular flexibility index (Phi) is 44.0. The maximum absolute atomic E-state index is 9.29. The first kappa shape index (κ1) is 44.0. The van der Waals surface area contributed by atoms with Gasteiger partial charge in [-0.3, -0.25) is 12.9 Å². The van der Waals surface area contributed by atoms with E-state index in [-0.39, 0.29) is 90.1 Å². The molecule has 16 nitrogen and oxygen atoms in total. The smallest absolute Gasteiger partial charge is 0.781 e. The third kappa shape index (κ3) is 50.7. The van der Waals surface area contributed by atoms with Gasteiger partial charge in [0.05, 0.1) is 6.61 Å². The summed E-state index contributed by atoms with van der Waals surface area (Å²) >= 11 is 0. The van der Waals surface area contributed by atoms with Crippen molar-refractivity contribution in [2.45, 2.75) is 6.61 Å². The van der Waals surface area contributed by atoms with Crippen molar-refractivity contribution in [3.05, 3.63) is 35.9 Å². The van der Waals surface area contributed by atoms with Gasteiger partial charge in [0.1, 0.15) is 49.5 Å². The third-order valence-electron chi connectivity index (χ3n) is 1.53. The number of hydrogen-bond donors (Lipinski definition) is 1. The molecule has 0 bridgehead atoms. The molecule has 1 rings (SSSR count). The van der Waals surface area contributed by atoms with E-state index in [2.05, 4.69) is 12.9 Å². The van der Waals surface area contributed by atoms with Gasteiger partial charge in [0.2, 0.25) is 0 Å². The van der Waals surface area contributed by atoms with Crippen molar-refractivity contribution in [1.29, 1.82) is 0 Å². The molecule has 1 N–H and O–H groups in total. The number of hydrogen-bond acceptors (Lipinski definition) is 16. The van der Waals surface area contributed by atoms with E-state index in [1.165, 1.54) is 0 Å². The first-order valence-corrected chi connectivity index (χ1v) is 13.6. The summed E-state index contributed by atoms with van der Waals surface area (Å²) in [6, 6.07) is 9.52. The van der Waals surface area contributed by atoms with Crippen LogP contribution in [0.2, 0.25) is 0 Å². The summed E-state index contributed by atoms with van der Waals surface area (Å²) in [6.07, 6.45) is 0. The molecular formula is C7H14Ce2O16P6. The van der Waals surface area contributed by atoms with E-state index in [4.69, 9.17) is 5.11 Å². The molecule has 6 atom stereocenters. The number of benzene rings is 1. The molecular weight excluding hydrogens is 806 g/mol. The zero-order chi connectivity index (χ0) is 23.4. The van der Waals surface area contributed by atoms with Crippen molar-refractivity contribution in [3.63, 3.8) is 0 Å². The van der Waals surface area contributed by atoms with Gasteiger partial charge in [-0.15, -0.1) is 0 Å². The van der Waals surface area contributed by atoms with E-state index in [1.807, 2.05) is 30.3 Å². The normalized spacial score (nSPS) is 14.9. The van der Waals surface area contributed by atoms with Crippen LogP contribution in [0, 0.1) is 83.5 Å². The molecule has 1 aromatic carbocycles. The van der Waals surface area contributed by atoms with Crippen molar-refractivity contribution >= 4 is 49.5 Å². The van der Waals surface area contributed by atoms with Gasteiger partial charge in [0.15, 0.2) is 0 Å². The molecule has 0 aliphatic heterocycles. The Morgan fingerprint density at radius 3 is 0.903 bits per heavy atom. The minimum atomic E-state index is -3.51. The molecule has 0 aliphatic rings. The molecule has 0 fully saturated rings. The Morgan fingerprint density at radius 1 is 0.581 bits per heavy atom. The molecule has 0 aliphatic carbocycles. The van der Waals surface area contributed by atoms with Gasteiger partial charge in [0, 0.05) is 0 Å². The maximum atomic E-state index is 9.29. The van der Waals surface area contributed by atoms with Crippen LogP contribution in [0.1, 0.15) is 5.56 Å². The summed E-state index contributed by atoms with van der Waals surface area (Å²) in [4.78, 5) is 55.7. The fourth-order valence-electron chi connectivity index (χ4n) is 0.788. The van der Waals surface area contributed by atoms with Crippen molar-refractivity contribution < 1.29 is 158 Å². The Hall–Kier alpha value is 2.95. The molecule has 6 unspecified atom stereocenters. The molecule has 0 saturated heterocycles. The monoisotopic (exact) mass is 820 g/mol. The van der Waals surface area contributed by atoms with Crippen LogP contribution in [-0.2, 0) is 46.9 Å². The van der Waals surface area contributed by atoms with Crippen molar-refractivity contribution in [3.8, 4) is 0 Å². The fourth-order valence-corrected chi connectivity index (χ4v) is 2.42. The molecule has 0 saturated carbocycles. The van der Waals surface area contributed by atoms with E-state index < -0.39 is 49.5 Å². The molecule has 24 heteroatoms. The topological polar surface area (TPSA) is 289 Å². The number of aliphatic hydroxyl groups excluding tert-OH is 1. The molecule has 0 aromatic heterocycles. The van der Waals surface area contributed by atoms with Gasteiger partial charge in [-0.2, -0.15) is 0 Å². The predicted molar refractivity (Wildman–Crippen MR) is 89.6 cm³/mol. The minimum absolute atomic E-state index is 0. The van der Waals surface area contributed by atoms with Gasteiger partial charge >= 0.3 is 83.5 Å². The third-order valence-corrected chi connectivity index (χ3v) is 5.53. The Balaban J connectivity index is -0.0000000951. The van der Waals surface area contributed by atoms with E-state index in [0.29, 0.717) is 0 Å². The second-order valence-electron chi connectivity index (χ2n) is 3.45. The van der Waals surface area contributed by atoms with Crippen LogP contribution in [0.15, 0.2) is 30.3 Å². The summed E-state index contributed by atoms with van der Waals surface area (Å²) < 4.78 is 65.4. The average Bonchev–Trinajstić information content (AvgIpc) is 2.53. The first-order valence-electron chi connectivity index (χ1n) is 6.25. The van der Waals surface area contributed by atoms with Crippen LogP contribution in [0.4, 0.5) is 0 Å². The molecule has 0 amide bonds. The summed E-state index contributed by atoms with van der Waals surface area (Å²) in [5.41, 5.74) is 0.965. The van der Waals surface area contributed by atoms with E-state index in [1.54, 1.807) is 0 Å².